The molecule has 0 saturated heterocycles. The second-order valence-electron chi connectivity index (χ2n) is 7.06. The highest BCUT2D eigenvalue weighted by atomic mass is 28.3. The average Bonchev–Trinajstić information content (AvgIpc) is 2.46. The van der Waals surface area contributed by atoms with Gasteiger partial charge in [-0.2, -0.15) is 0 Å². The maximum Gasteiger partial charge on any atom is 0.335 e. The van der Waals surface area contributed by atoms with Gasteiger partial charge in [0.15, 0.2) is 0 Å². The molecule has 0 aliphatic heterocycles. The molecule has 0 unspecified atom stereocenters. The van der Waals surface area contributed by atoms with Gasteiger partial charge in [-0.3, -0.25) is 0 Å². The topological polar surface area (TPSA) is 74.6 Å². The summed E-state index contributed by atoms with van der Waals surface area (Å²) in [5, 5.41) is 18.4. The van der Waals surface area contributed by atoms with Crippen molar-refractivity contribution in [3.8, 4) is 11.5 Å². The van der Waals surface area contributed by atoms with Gasteiger partial charge in [0.25, 0.3) is 0 Å². The summed E-state index contributed by atoms with van der Waals surface area (Å²) < 4.78 is 0. The third-order valence-corrected chi connectivity index (χ3v) is 11.0. The Labute approximate surface area is 144 Å². The molecule has 0 radical (unpaired) electrons. The normalized spacial score (nSPS) is 11.5. The molecular formula is C19H26O4Si. The summed E-state index contributed by atoms with van der Waals surface area (Å²) in [4.78, 5) is 22.4. The highest BCUT2D eigenvalue weighted by molar-refractivity contribution is 6.90. The molecule has 0 saturated carbocycles. The average molecular weight is 346 g/mol. The van der Waals surface area contributed by atoms with E-state index < -0.39 is 20.0 Å². The van der Waals surface area contributed by atoms with Crippen LogP contribution >= 0.6 is 0 Å². The van der Waals surface area contributed by atoms with Crippen molar-refractivity contribution in [1.82, 2.24) is 0 Å². The summed E-state index contributed by atoms with van der Waals surface area (Å²) in [7, 11) is -1.96. The minimum Gasteiger partial charge on any atom is -0.478 e. The van der Waals surface area contributed by atoms with Crippen LogP contribution in [0.3, 0.4) is 0 Å². The Morgan fingerprint density at radius 1 is 0.833 bits per heavy atom. The molecule has 0 spiro atoms. The van der Waals surface area contributed by atoms with E-state index in [1.165, 1.54) is 12.1 Å². The molecule has 1 aromatic carbocycles. The quantitative estimate of drug-likeness (QED) is 0.601. The third kappa shape index (κ3) is 4.07. The van der Waals surface area contributed by atoms with E-state index in [0.717, 1.165) is 6.07 Å². The first-order valence-corrected chi connectivity index (χ1v) is 10.4. The van der Waals surface area contributed by atoms with Crippen LogP contribution in [0.4, 0.5) is 0 Å². The van der Waals surface area contributed by atoms with Gasteiger partial charge in [-0.15, -0.1) is 5.54 Å². The van der Waals surface area contributed by atoms with Gasteiger partial charge >= 0.3 is 11.9 Å². The van der Waals surface area contributed by atoms with E-state index >= 15 is 0 Å². The van der Waals surface area contributed by atoms with E-state index in [2.05, 4.69) is 53.0 Å². The van der Waals surface area contributed by atoms with Gasteiger partial charge < -0.3 is 10.2 Å². The van der Waals surface area contributed by atoms with Crippen LogP contribution in [-0.2, 0) is 0 Å². The number of benzene rings is 1. The Balaban J connectivity index is 3.51. The summed E-state index contributed by atoms with van der Waals surface area (Å²) in [5.41, 5.74) is 5.18. The number of aromatic carboxylic acids is 2. The Hall–Kier alpha value is -2.06. The van der Waals surface area contributed by atoms with Crippen LogP contribution in [0.15, 0.2) is 18.2 Å². The largest absolute Gasteiger partial charge is 0.478 e. The molecule has 24 heavy (non-hydrogen) atoms. The number of hydrogen-bond donors (Lipinski definition) is 2. The highest BCUT2D eigenvalue weighted by Gasteiger charge is 2.41. The second kappa shape index (κ2) is 7.67. The molecule has 0 aliphatic carbocycles. The summed E-state index contributed by atoms with van der Waals surface area (Å²) in [6.07, 6.45) is 0. The highest BCUT2D eigenvalue weighted by Crippen LogP contribution is 2.40. The molecule has 0 aliphatic rings. The monoisotopic (exact) mass is 346 g/mol. The number of carbonyl (C=O) groups is 2. The van der Waals surface area contributed by atoms with E-state index in [9.17, 15) is 19.8 Å². The fourth-order valence-electron chi connectivity index (χ4n) is 3.56. The van der Waals surface area contributed by atoms with Crippen LogP contribution in [0.2, 0.25) is 16.6 Å². The van der Waals surface area contributed by atoms with Crippen LogP contribution in [0.1, 0.15) is 67.8 Å². The lowest BCUT2D eigenvalue weighted by atomic mass is 10.1. The predicted octanol–water partition coefficient (Wildman–Crippen LogP) is 4.65. The second-order valence-corrected chi connectivity index (χ2v) is 12.6. The smallest absolute Gasteiger partial charge is 0.335 e. The summed E-state index contributed by atoms with van der Waals surface area (Å²) in [6.45, 7) is 13.2. The first-order valence-electron chi connectivity index (χ1n) is 8.17. The fourth-order valence-corrected chi connectivity index (χ4v) is 8.79. The SMILES string of the molecule is CC(C)[Si](C#Cc1cc(C(=O)O)cc(C(=O)O)c1)(C(C)C)C(C)C. The van der Waals surface area contributed by atoms with Crippen molar-refractivity contribution in [3.05, 3.63) is 34.9 Å². The van der Waals surface area contributed by atoms with Gasteiger partial charge in [0.1, 0.15) is 8.07 Å². The summed E-state index contributed by atoms with van der Waals surface area (Å²) >= 11 is 0. The fraction of sp³-hybridized carbons (Fsp3) is 0.474. The number of carboxylic acids is 2. The summed E-state index contributed by atoms with van der Waals surface area (Å²) in [6, 6.07) is 4.05. The minimum atomic E-state index is -1.96. The van der Waals surface area contributed by atoms with Crippen LogP contribution in [-0.4, -0.2) is 30.2 Å². The number of hydrogen-bond acceptors (Lipinski definition) is 2. The lowest BCUT2D eigenvalue weighted by molar-refractivity contribution is 0.0696. The Morgan fingerprint density at radius 3 is 1.50 bits per heavy atom. The van der Waals surface area contributed by atoms with Gasteiger partial charge in [-0.05, 0) is 34.8 Å². The van der Waals surface area contributed by atoms with Crippen molar-refractivity contribution >= 4 is 20.0 Å². The van der Waals surface area contributed by atoms with Gasteiger partial charge in [-0.25, -0.2) is 9.59 Å². The molecule has 0 fully saturated rings. The van der Waals surface area contributed by atoms with Crippen molar-refractivity contribution in [2.24, 2.45) is 0 Å². The molecule has 0 heterocycles. The Morgan fingerprint density at radius 2 is 1.21 bits per heavy atom. The van der Waals surface area contributed by atoms with Crippen molar-refractivity contribution in [2.75, 3.05) is 0 Å². The van der Waals surface area contributed by atoms with Crippen LogP contribution in [0.5, 0.6) is 0 Å². The van der Waals surface area contributed by atoms with Crippen LogP contribution < -0.4 is 0 Å². The molecule has 4 nitrogen and oxygen atoms in total. The zero-order valence-electron chi connectivity index (χ0n) is 15.2. The number of rotatable bonds is 5. The predicted molar refractivity (Wildman–Crippen MR) is 98.3 cm³/mol. The number of carboxylic acid groups (broad SMARTS) is 2. The maximum absolute atomic E-state index is 11.2. The van der Waals surface area contributed by atoms with Crippen molar-refractivity contribution in [1.29, 1.82) is 0 Å². The zero-order valence-corrected chi connectivity index (χ0v) is 16.2. The Kier molecular flexibility index (Phi) is 6.39. The molecular weight excluding hydrogens is 320 g/mol. The van der Waals surface area contributed by atoms with E-state index in [0.29, 0.717) is 22.2 Å². The molecule has 0 amide bonds. The molecule has 1 aromatic rings. The first kappa shape index (κ1) is 20.0. The van der Waals surface area contributed by atoms with Crippen LogP contribution in [0.25, 0.3) is 0 Å². The van der Waals surface area contributed by atoms with Gasteiger partial charge in [-0.1, -0.05) is 47.5 Å². The molecule has 0 atom stereocenters. The maximum atomic E-state index is 11.2. The molecule has 0 bridgehead atoms. The lowest BCUT2D eigenvalue weighted by Gasteiger charge is -2.38. The van der Waals surface area contributed by atoms with Crippen molar-refractivity contribution < 1.29 is 19.8 Å². The van der Waals surface area contributed by atoms with Gasteiger partial charge in [0.05, 0.1) is 11.1 Å². The molecule has 0 aromatic heterocycles. The van der Waals surface area contributed by atoms with Crippen LogP contribution in [0, 0.1) is 11.5 Å². The zero-order chi connectivity index (χ0) is 18.7. The first-order chi connectivity index (χ1) is 11.0. The van der Waals surface area contributed by atoms with E-state index in [1.54, 1.807) is 0 Å². The van der Waals surface area contributed by atoms with E-state index in [4.69, 9.17) is 0 Å². The van der Waals surface area contributed by atoms with Gasteiger partial charge in [0.2, 0.25) is 0 Å². The molecule has 1 rings (SSSR count). The van der Waals surface area contributed by atoms with Crippen molar-refractivity contribution in [2.45, 2.75) is 58.2 Å². The minimum absolute atomic E-state index is 0.0508. The van der Waals surface area contributed by atoms with E-state index in [-0.39, 0.29) is 11.1 Å². The third-order valence-electron chi connectivity index (χ3n) is 4.72. The van der Waals surface area contributed by atoms with E-state index in [1.807, 2.05) is 0 Å². The molecule has 2 N–H and O–H groups in total. The molecule has 130 valence electrons. The van der Waals surface area contributed by atoms with Gasteiger partial charge in [0, 0.05) is 5.56 Å². The molecule has 5 heteroatoms. The summed E-state index contributed by atoms with van der Waals surface area (Å²) in [5.74, 6) is 0.802. The lowest BCUT2D eigenvalue weighted by Crippen LogP contribution is -2.43. The standard InChI is InChI=1S/C19H26O4Si/c1-12(2)24(13(3)4,14(5)6)8-7-15-9-16(18(20)21)11-17(10-15)19(22)23/h9-14H,1-6H3,(H,20,21)(H,22,23). The Bertz CT molecular complexity index is 639. The van der Waals surface area contributed by atoms with Crippen molar-refractivity contribution in [3.63, 3.8) is 0 Å².